The largest absolute Gasteiger partial charge is 0.384 e. The molecular formula is C9H8BrNO3. The van der Waals surface area contributed by atoms with Crippen LogP contribution in [0.5, 0.6) is 0 Å². The van der Waals surface area contributed by atoms with Crippen LogP contribution in [-0.2, 0) is 0 Å². The molecule has 0 saturated heterocycles. The third-order valence-corrected chi connectivity index (χ3v) is 2.22. The minimum Gasteiger partial charge on any atom is -0.384 e. The second-order valence-electron chi connectivity index (χ2n) is 2.64. The van der Waals surface area contributed by atoms with Crippen LogP contribution in [0.15, 0.2) is 35.3 Å². The smallest absolute Gasteiger partial charge is 0.276 e. The summed E-state index contributed by atoms with van der Waals surface area (Å²) in [4.78, 5) is 10.1. The summed E-state index contributed by atoms with van der Waals surface area (Å²) < 4.78 is 0.601. The molecule has 74 valence electrons. The molecule has 14 heavy (non-hydrogen) atoms. The van der Waals surface area contributed by atoms with Gasteiger partial charge in [0.15, 0.2) is 0 Å². The zero-order valence-electron chi connectivity index (χ0n) is 7.18. The Labute approximate surface area is 89.2 Å². The lowest BCUT2D eigenvalue weighted by molar-refractivity contribution is -0.386. The third-order valence-electron chi connectivity index (χ3n) is 1.73. The molecule has 0 bridgehead atoms. The summed E-state index contributed by atoms with van der Waals surface area (Å²) in [5.41, 5.74) is 0.125. The number of nitro groups is 1. The first-order valence-corrected chi connectivity index (χ1v) is 4.60. The molecule has 0 aromatic heterocycles. The van der Waals surface area contributed by atoms with Gasteiger partial charge in [-0.2, -0.15) is 0 Å². The van der Waals surface area contributed by atoms with Crippen molar-refractivity contribution in [2.45, 2.75) is 6.10 Å². The normalized spacial score (nSPS) is 12.1. The van der Waals surface area contributed by atoms with Crippen molar-refractivity contribution in [3.05, 3.63) is 51.0 Å². The van der Waals surface area contributed by atoms with Gasteiger partial charge in [-0.15, -0.1) is 6.58 Å². The van der Waals surface area contributed by atoms with Crippen molar-refractivity contribution in [3.63, 3.8) is 0 Å². The van der Waals surface area contributed by atoms with Gasteiger partial charge in [0.05, 0.1) is 10.5 Å². The lowest BCUT2D eigenvalue weighted by Gasteiger charge is -2.06. The number of halogens is 1. The Hall–Kier alpha value is -1.20. The van der Waals surface area contributed by atoms with Crippen molar-refractivity contribution in [2.24, 2.45) is 0 Å². The summed E-state index contributed by atoms with van der Waals surface area (Å²) in [5.74, 6) is 0. The van der Waals surface area contributed by atoms with E-state index in [1.165, 1.54) is 18.2 Å². The number of hydrogen-bond donors (Lipinski definition) is 1. The third kappa shape index (κ3) is 2.18. The van der Waals surface area contributed by atoms with Gasteiger partial charge in [-0.1, -0.05) is 22.0 Å². The zero-order chi connectivity index (χ0) is 10.7. The molecule has 1 rings (SSSR count). The molecule has 0 aliphatic carbocycles. The van der Waals surface area contributed by atoms with Gasteiger partial charge in [0.1, 0.15) is 6.10 Å². The van der Waals surface area contributed by atoms with Gasteiger partial charge in [-0.25, -0.2) is 0 Å². The van der Waals surface area contributed by atoms with E-state index in [1.54, 1.807) is 6.07 Å². The number of aliphatic hydroxyl groups is 1. The lowest BCUT2D eigenvalue weighted by Crippen LogP contribution is -1.99. The van der Waals surface area contributed by atoms with Crippen LogP contribution in [0.1, 0.15) is 11.7 Å². The molecule has 0 aliphatic rings. The average molecular weight is 258 g/mol. The van der Waals surface area contributed by atoms with Crippen molar-refractivity contribution < 1.29 is 10.0 Å². The van der Waals surface area contributed by atoms with E-state index in [2.05, 4.69) is 22.5 Å². The lowest BCUT2D eigenvalue weighted by atomic mass is 10.1. The number of rotatable bonds is 3. The molecule has 1 aromatic rings. The second kappa shape index (κ2) is 4.34. The van der Waals surface area contributed by atoms with Gasteiger partial charge in [0.25, 0.3) is 5.69 Å². The highest BCUT2D eigenvalue weighted by atomic mass is 79.9. The fraction of sp³-hybridized carbons (Fsp3) is 0.111. The van der Waals surface area contributed by atoms with Crippen LogP contribution >= 0.6 is 15.9 Å². The van der Waals surface area contributed by atoms with Crippen LogP contribution < -0.4 is 0 Å². The van der Waals surface area contributed by atoms with Crippen molar-refractivity contribution in [1.82, 2.24) is 0 Å². The van der Waals surface area contributed by atoms with Crippen LogP contribution in [0.2, 0.25) is 0 Å². The maximum atomic E-state index is 10.6. The highest BCUT2D eigenvalue weighted by Gasteiger charge is 2.18. The minimum absolute atomic E-state index is 0.119. The van der Waals surface area contributed by atoms with E-state index in [1.807, 2.05) is 0 Å². The van der Waals surface area contributed by atoms with Gasteiger partial charge < -0.3 is 5.11 Å². The predicted octanol–water partition coefficient (Wildman–Crippen LogP) is 2.58. The number of nitrogens with zero attached hydrogens (tertiary/aromatic N) is 1. The van der Waals surface area contributed by atoms with E-state index < -0.39 is 11.0 Å². The molecule has 4 nitrogen and oxygen atoms in total. The summed E-state index contributed by atoms with van der Waals surface area (Å²) >= 11 is 3.12. The molecule has 5 heteroatoms. The number of benzene rings is 1. The summed E-state index contributed by atoms with van der Waals surface area (Å²) in [5, 5.41) is 20.0. The zero-order valence-corrected chi connectivity index (χ0v) is 8.77. The monoisotopic (exact) mass is 257 g/mol. The van der Waals surface area contributed by atoms with Gasteiger partial charge >= 0.3 is 0 Å². The Morgan fingerprint density at radius 1 is 1.64 bits per heavy atom. The van der Waals surface area contributed by atoms with Crippen molar-refractivity contribution >= 4 is 21.6 Å². The van der Waals surface area contributed by atoms with Gasteiger partial charge in [-0.3, -0.25) is 10.1 Å². The number of hydrogen-bond acceptors (Lipinski definition) is 3. The number of nitro benzene ring substituents is 1. The fourth-order valence-electron chi connectivity index (χ4n) is 1.05. The molecule has 1 unspecified atom stereocenters. The molecule has 1 atom stereocenters. The van der Waals surface area contributed by atoms with Gasteiger partial charge in [0, 0.05) is 10.5 Å². The maximum Gasteiger partial charge on any atom is 0.276 e. The first-order valence-electron chi connectivity index (χ1n) is 3.80. The SMILES string of the molecule is C=CC(O)c1ccc(Br)cc1[N+](=O)[O-]. The molecule has 0 spiro atoms. The highest BCUT2D eigenvalue weighted by molar-refractivity contribution is 9.10. The minimum atomic E-state index is -1.01. The van der Waals surface area contributed by atoms with Crippen LogP contribution in [0, 0.1) is 10.1 Å². The van der Waals surface area contributed by atoms with E-state index >= 15 is 0 Å². The Balaban J connectivity index is 3.28. The molecule has 0 saturated carbocycles. The molecule has 0 heterocycles. The van der Waals surface area contributed by atoms with E-state index in [9.17, 15) is 15.2 Å². The molecule has 1 aromatic carbocycles. The highest BCUT2D eigenvalue weighted by Crippen LogP contribution is 2.28. The topological polar surface area (TPSA) is 63.4 Å². The molecule has 0 aliphatic heterocycles. The second-order valence-corrected chi connectivity index (χ2v) is 3.56. The van der Waals surface area contributed by atoms with Crippen molar-refractivity contribution in [3.8, 4) is 0 Å². The van der Waals surface area contributed by atoms with E-state index in [0.29, 0.717) is 4.47 Å². The standard InChI is InChI=1S/C9H8BrNO3/c1-2-9(12)7-4-3-6(10)5-8(7)11(13)14/h2-5,9,12H,1H2. The van der Waals surface area contributed by atoms with E-state index in [-0.39, 0.29) is 11.3 Å². The van der Waals surface area contributed by atoms with Gasteiger partial charge in [0.2, 0.25) is 0 Å². The van der Waals surface area contributed by atoms with Crippen LogP contribution in [0.4, 0.5) is 5.69 Å². The number of aliphatic hydroxyl groups excluding tert-OH is 1. The van der Waals surface area contributed by atoms with Crippen LogP contribution in [0.3, 0.4) is 0 Å². The molecule has 0 radical (unpaired) electrons. The first-order chi connectivity index (χ1) is 6.56. The first kappa shape index (κ1) is 10.9. The molecule has 0 amide bonds. The Morgan fingerprint density at radius 3 is 2.79 bits per heavy atom. The van der Waals surface area contributed by atoms with Crippen molar-refractivity contribution in [1.29, 1.82) is 0 Å². The Morgan fingerprint density at radius 2 is 2.29 bits per heavy atom. The maximum absolute atomic E-state index is 10.6. The van der Waals surface area contributed by atoms with E-state index in [4.69, 9.17) is 0 Å². The summed E-state index contributed by atoms with van der Waals surface area (Å²) in [7, 11) is 0. The van der Waals surface area contributed by atoms with Crippen molar-refractivity contribution in [2.75, 3.05) is 0 Å². The fourth-order valence-corrected chi connectivity index (χ4v) is 1.40. The van der Waals surface area contributed by atoms with E-state index in [0.717, 1.165) is 0 Å². The Bertz CT molecular complexity index is 378. The quantitative estimate of drug-likeness (QED) is 0.514. The molecule has 1 N–H and O–H groups in total. The molecule has 0 fully saturated rings. The predicted molar refractivity (Wildman–Crippen MR) is 56.0 cm³/mol. The van der Waals surface area contributed by atoms with Crippen LogP contribution in [0.25, 0.3) is 0 Å². The summed E-state index contributed by atoms with van der Waals surface area (Å²) in [6.45, 7) is 3.38. The molecular weight excluding hydrogens is 250 g/mol. The Kier molecular flexibility index (Phi) is 3.38. The summed E-state index contributed by atoms with van der Waals surface area (Å²) in [6, 6.07) is 4.48. The average Bonchev–Trinajstić information content (AvgIpc) is 2.16. The van der Waals surface area contributed by atoms with Crippen LogP contribution in [-0.4, -0.2) is 10.0 Å². The van der Waals surface area contributed by atoms with Gasteiger partial charge in [-0.05, 0) is 12.1 Å². The summed E-state index contributed by atoms with van der Waals surface area (Å²) in [6.07, 6.45) is 0.236.